The van der Waals surface area contributed by atoms with E-state index in [0.717, 1.165) is 24.2 Å². The lowest BCUT2D eigenvalue weighted by molar-refractivity contribution is 0.113. The monoisotopic (exact) mass is 316 g/mol. The fraction of sp³-hybridized carbons (Fsp3) is 0.368. The number of hydrogen-bond donors (Lipinski definition) is 1. The zero-order valence-corrected chi connectivity index (χ0v) is 13.5. The number of rotatable bonds is 3. The molecular formula is C19H22F2N2. The molecule has 0 spiro atoms. The van der Waals surface area contributed by atoms with Gasteiger partial charge < -0.3 is 5.32 Å². The molecule has 0 amide bonds. The topological polar surface area (TPSA) is 15.3 Å². The van der Waals surface area contributed by atoms with Gasteiger partial charge in [0.05, 0.1) is 6.04 Å². The first-order valence-corrected chi connectivity index (χ1v) is 8.04. The van der Waals surface area contributed by atoms with Crippen LogP contribution in [0.4, 0.5) is 8.78 Å². The molecule has 1 heterocycles. The third kappa shape index (κ3) is 3.59. The molecular weight excluding hydrogens is 294 g/mol. The molecule has 0 bridgehead atoms. The van der Waals surface area contributed by atoms with Gasteiger partial charge in [-0.05, 0) is 49.2 Å². The van der Waals surface area contributed by atoms with Gasteiger partial charge in [0, 0.05) is 25.2 Å². The highest BCUT2D eigenvalue weighted by molar-refractivity contribution is 5.32. The Hall–Kier alpha value is -1.78. The van der Waals surface area contributed by atoms with Crippen LogP contribution in [0.15, 0.2) is 48.5 Å². The Morgan fingerprint density at radius 1 is 0.913 bits per heavy atom. The summed E-state index contributed by atoms with van der Waals surface area (Å²) in [6, 6.07) is 14.0. The van der Waals surface area contributed by atoms with E-state index in [9.17, 15) is 8.78 Å². The molecule has 2 aromatic rings. The summed E-state index contributed by atoms with van der Waals surface area (Å²) >= 11 is 0. The molecule has 1 aliphatic heterocycles. The zero-order valence-electron chi connectivity index (χ0n) is 13.5. The second-order valence-electron chi connectivity index (χ2n) is 6.36. The smallest absolute Gasteiger partial charge is 0.123 e. The summed E-state index contributed by atoms with van der Waals surface area (Å²) in [5.41, 5.74) is 2.05. The van der Waals surface area contributed by atoms with Crippen LogP contribution in [0.1, 0.15) is 31.0 Å². The van der Waals surface area contributed by atoms with Gasteiger partial charge in [0.2, 0.25) is 0 Å². The van der Waals surface area contributed by atoms with Crippen molar-refractivity contribution in [2.45, 2.75) is 32.0 Å². The summed E-state index contributed by atoms with van der Waals surface area (Å²) in [5, 5.41) is 3.48. The molecule has 1 saturated heterocycles. The van der Waals surface area contributed by atoms with Crippen LogP contribution in [-0.4, -0.2) is 30.1 Å². The van der Waals surface area contributed by atoms with E-state index in [4.69, 9.17) is 0 Å². The van der Waals surface area contributed by atoms with Crippen LogP contribution in [0.5, 0.6) is 0 Å². The third-order valence-corrected chi connectivity index (χ3v) is 4.52. The van der Waals surface area contributed by atoms with Crippen molar-refractivity contribution in [1.82, 2.24) is 10.2 Å². The quantitative estimate of drug-likeness (QED) is 0.928. The predicted molar refractivity (Wildman–Crippen MR) is 88.3 cm³/mol. The Labute approximate surface area is 136 Å². The molecule has 2 aromatic carbocycles. The summed E-state index contributed by atoms with van der Waals surface area (Å²) in [6.07, 6.45) is 0. The number of piperazine rings is 1. The Morgan fingerprint density at radius 3 is 1.87 bits per heavy atom. The van der Waals surface area contributed by atoms with Gasteiger partial charge in [0.1, 0.15) is 11.6 Å². The van der Waals surface area contributed by atoms with E-state index in [-0.39, 0.29) is 17.7 Å². The number of nitrogens with zero attached hydrogens (tertiary/aromatic N) is 1. The number of hydrogen-bond acceptors (Lipinski definition) is 2. The average Bonchev–Trinajstić information content (AvgIpc) is 2.54. The van der Waals surface area contributed by atoms with Gasteiger partial charge in [-0.15, -0.1) is 0 Å². The molecule has 3 rings (SSSR count). The SMILES string of the molecule is CC1CN(C(c2ccc(F)cc2)c2ccc(F)cc2)[C@@H](C)CN1. The minimum Gasteiger partial charge on any atom is -0.311 e. The Kier molecular flexibility index (Phi) is 4.74. The number of halogens is 2. The molecule has 2 nitrogen and oxygen atoms in total. The molecule has 23 heavy (non-hydrogen) atoms. The van der Waals surface area contributed by atoms with E-state index in [1.165, 1.54) is 24.3 Å². The highest BCUT2D eigenvalue weighted by Crippen LogP contribution is 2.31. The lowest BCUT2D eigenvalue weighted by atomic mass is 9.94. The van der Waals surface area contributed by atoms with Crippen LogP contribution in [0.3, 0.4) is 0 Å². The fourth-order valence-electron chi connectivity index (χ4n) is 3.28. The first kappa shape index (κ1) is 16.1. The third-order valence-electron chi connectivity index (χ3n) is 4.52. The number of nitrogens with one attached hydrogen (secondary N) is 1. The summed E-state index contributed by atoms with van der Waals surface area (Å²) in [6.45, 7) is 6.13. The van der Waals surface area contributed by atoms with Crippen LogP contribution in [0.2, 0.25) is 0 Å². The standard InChI is InChI=1S/C19H22F2N2/c1-13-12-23(14(2)11-22-13)19(15-3-7-17(20)8-4-15)16-5-9-18(21)10-6-16/h3-10,13-14,19,22H,11-12H2,1-2H3/t13?,14-/m0/s1. The molecule has 1 aliphatic rings. The van der Waals surface area contributed by atoms with Crippen molar-refractivity contribution in [2.24, 2.45) is 0 Å². The molecule has 2 atom stereocenters. The van der Waals surface area contributed by atoms with Crippen molar-refractivity contribution >= 4 is 0 Å². The van der Waals surface area contributed by atoms with Crippen molar-refractivity contribution in [3.05, 3.63) is 71.3 Å². The van der Waals surface area contributed by atoms with E-state index in [2.05, 4.69) is 24.1 Å². The molecule has 1 N–H and O–H groups in total. The summed E-state index contributed by atoms with van der Waals surface area (Å²) in [7, 11) is 0. The molecule has 0 aliphatic carbocycles. The minimum absolute atomic E-state index is 0.00394. The maximum absolute atomic E-state index is 13.3. The van der Waals surface area contributed by atoms with E-state index in [0.29, 0.717) is 12.1 Å². The lowest BCUT2D eigenvalue weighted by Gasteiger charge is -2.43. The van der Waals surface area contributed by atoms with Gasteiger partial charge in [-0.3, -0.25) is 4.90 Å². The first-order chi connectivity index (χ1) is 11.0. The van der Waals surface area contributed by atoms with Crippen LogP contribution in [-0.2, 0) is 0 Å². The lowest BCUT2D eigenvalue weighted by Crippen LogP contribution is -2.55. The molecule has 122 valence electrons. The zero-order chi connectivity index (χ0) is 16.4. The van der Waals surface area contributed by atoms with Crippen LogP contribution in [0.25, 0.3) is 0 Å². The highest BCUT2D eigenvalue weighted by Gasteiger charge is 2.30. The highest BCUT2D eigenvalue weighted by atomic mass is 19.1. The molecule has 0 saturated carbocycles. The van der Waals surface area contributed by atoms with Crippen molar-refractivity contribution in [3.8, 4) is 0 Å². The van der Waals surface area contributed by atoms with Gasteiger partial charge in [-0.2, -0.15) is 0 Å². The van der Waals surface area contributed by atoms with Crippen LogP contribution in [0, 0.1) is 11.6 Å². The van der Waals surface area contributed by atoms with Gasteiger partial charge in [-0.25, -0.2) is 8.78 Å². The first-order valence-electron chi connectivity index (χ1n) is 8.04. The van der Waals surface area contributed by atoms with Gasteiger partial charge in [-0.1, -0.05) is 24.3 Å². The van der Waals surface area contributed by atoms with Crippen molar-refractivity contribution in [2.75, 3.05) is 13.1 Å². The molecule has 0 aromatic heterocycles. The fourth-order valence-corrected chi connectivity index (χ4v) is 3.28. The van der Waals surface area contributed by atoms with E-state index in [1.54, 1.807) is 0 Å². The largest absolute Gasteiger partial charge is 0.311 e. The summed E-state index contributed by atoms with van der Waals surface area (Å²) in [5.74, 6) is -0.485. The van der Waals surface area contributed by atoms with E-state index >= 15 is 0 Å². The van der Waals surface area contributed by atoms with Crippen LogP contribution < -0.4 is 5.32 Å². The molecule has 1 unspecified atom stereocenters. The average molecular weight is 316 g/mol. The maximum atomic E-state index is 13.3. The van der Waals surface area contributed by atoms with Gasteiger partial charge in [0.25, 0.3) is 0 Å². The van der Waals surface area contributed by atoms with Gasteiger partial charge >= 0.3 is 0 Å². The van der Waals surface area contributed by atoms with E-state index in [1.807, 2.05) is 24.3 Å². The minimum atomic E-state index is -0.242. The second kappa shape index (κ2) is 6.77. The van der Waals surface area contributed by atoms with Gasteiger partial charge in [0.15, 0.2) is 0 Å². The van der Waals surface area contributed by atoms with E-state index < -0.39 is 0 Å². The summed E-state index contributed by atoms with van der Waals surface area (Å²) < 4.78 is 26.6. The van der Waals surface area contributed by atoms with Crippen LogP contribution >= 0.6 is 0 Å². The van der Waals surface area contributed by atoms with Crippen molar-refractivity contribution < 1.29 is 8.78 Å². The Balaban J connectivity index is 2.01. The summed E-state index contributed by atoms with van der Waals surface area (Å²) in [4.78, 5) is 2.40. The van der Waals surface area contributed by atoms with Crippen molar-refractivity contribution in [1.29, 1.82) is 0 Å². The van der Waals surface area contributed by atoms with Crippen molar-refractivity contribution in [3.63, 3.8) is 0 Å². The Bertz CT molecular complexity index is 594. The predicted octanol–water partition coefficient (Wildman–Crippen LogP) is 3.74. The Morgan fingerprint density at radius 2 is 1.39 bits per heavy atom. The number of benzene rings is 2. The normalized spacial score (nSPS) is 22.5. The molecule has 0 radical (unpaired) electrons. The molecule has 1 fully saturated rings. The maximum Gasteiger partial charge on any atom is 0.123 e. The molecule has 4 heteroatoms. The second-order valence-corrected chi connectivity index (χ2v) is 6.36.